The van der Waals surface area contributed by atoms with Crippen LogP contribution in [0.1, 0.15) is 20.7 Å². The lowest BCUT2D eigenvalue weighted by Gasteiger charge is -2.41. The number of para-hydroxylation sites is 1. The quantitative estimate of drug-likeness (QED) is 0.437. The van der Waals surface area contributed by atoms with E-state index in [1.165, 1.54) is 24.0 Å². The van der Waals surface area contributed by atoms with Gasteiger partial charge in [-0.2, -0.15) is 0 Å². The number of amides is 2. The van der Waals surface area contributed by atoms with Crippen molar-refractivity contribution in [3.8, 4) is 0 Å². The zero-order valence-corrected chi connectivity index (χ0v) is 22.6. The predicted molar refractivity (Wildman–Crippen MR) is 150 cm³/mol. The number of ether oxygens (including phenoxy) is 2. The summed E-state index contributed by atoms with van der Waals surface area (Å²) in [5, 5.41) is 0.172. The summed E-state index contributed by atoms with van der Waals surface area (Å²) in [6.45, 7) is 0.130. The Morgan fingerprint density at radius 1 is 0.700 bits per heavy atom. The fourth-order valence-electron chi connectivity index (χ4n) is 4.92. The molecule has 2 aliphatic heterocycles. The van der Waals surface area contributed by atoms with Gasteiger partial charge in [0.2, 0.25) is 5.66 Å². The van der Waals surface area contributed by atoms with Crippen LogP contribution >= 0.6 is 11.8 Å². The van der Waals surface area contributed by atoms with Crippen LogP contribution in [0.2, 0.25) is 0 Å². The molecule has 10 heteroatoms. The van der Waals surface area contributed by atoms with E-state index >= 15 is 0 Å². The minimum absolute atomic E-state index is 0.0651. The summed E-state index contributed by atoms with van der Waals surface area (Å²) in [7, 11) is 2.37. The molecule has 2 aliphatic rings. The first kappa shape index (κ1) is 26.9. The second-order valence-corrected chi connectivity index (χ2v) is 9.86. The molecule has 3 aromatic rings. The number of hydrogen-bond acceptors (Lipinski definition) is 8. The van der Waals surface area contributed by atoms with Crippen molar-refractivity contribution in [1.29, 1.82) is 0 Å². The average molecular weight is 556 g/mol. The molecule has 5 rings (SSSR count). The van der Waals surface area contributed by atoms with Crippen LogP contribution < -0.4 is 0 Å². The number of rotatable bonds is 5. The van der Waals surface area contributed by atoms with Gasteiger partial charge in [0, 0.05) is 24.2 Å². The highest BCUT2D eigenvalue weighted by Crippen LogP contribution is 2.51. The maximum atomic E-state index is 14.1. The van der Waals surface area contributed by atoms with Gasteiger partial charge in [-0.05, 0) is 36.4 Å². The van der Waals surface area contributed by atoms with Crippen molar-refractivity contribution >= 4 is 46.2 Å². The smallest absolute Gasteiger partial charge is 0.345 e. The molecule has 1 spiro atoms. The summed E-state index contributed by atoms with van der Waals surface area (Å²) < 4.78 is 10.2. The van der Waals surface area contributed by atoms with Crippen molar-refractivity contribution in [3.05, 3.63) is 113 Å². The molecule has 3 aromatic carbocycles. The first-order valence-electron chi connectivity index (χ1n) is 12.4. The number of carbonyl (C=O) groups is 4. The molecular formula is C30H25N3O6S. The number of benzene rings is 3. The van der Waals surface area contributed by atoms with Gasteiger partial charge in [0.1, 0.15) is 15.5 Å². The molecule has 0 unspecified atom stereocenters. The third kappa shape index (κ3) is 4.46. The molecular weight excluding hydrogens is 530 g/mol. The number of esters is 2. The van der Waals surface area contributed by atoms with Gasteiger partial charge in [-0.1, -0.05) is 66.4 Å². The van der Waals surface area contributed by atoms with Crippen LogP contribution in [0.25, 0.3) is 0 Å². The number of methoxy groups -OCH3 is 2. The summed E-state index contributed by atoms with van der Waals surface area (Å²) in [6, 6.07) is 26.0. The van der Waals surface area contributed by atoms with E-state index in [1.54, 1.807) is 84.9 Å². The second kappa shape index (κ2) is 11.2. The van der Waals surface area contributed by atoms with Gasteiger partial charge in [-0.3, -0.25) is 9.59 Å². The van der Waals surface area contributed by atoms with Gasteiger partial charge in [0.05, 0.1) is 19.9 Å². The number of aliphatic imine (C=N–C) groups is 1. The lowest BCUT2D eigenvalue weighted by molar-refractivity contribution is -0.139. The molecule has 0 N–H and O–H groups in total. The highest BCUT2D eigenvalue weighted by molar-refractivity contribution is 8.18. The van der Waals surface area contributed by atoms with Crippen molar-refractivity contribution < 1.29 is 28.7 Å². The summed E-state index contributed by atoms with van der Waals surface area (Å²) in [5.74, 6) is -2.59. The van der Waals surface area contributed by atoms with Gasteiger partial charge in [-0.15, -0.1) is 0 Å². The normalized spacial score (nSPS) is 16.9. The highest BCUT2D eigenvalue weighted by Gasteiger charge is 2.65. The van der Waals surface area contributed by atoms with E-state index in [1.807, 2.05) is 6.07 Å². The Morgan fingerprint density at radius 3 is 1.60 bits per heavy atom. The van der Waals surface area contributed by atoms with Gasteiger partial charge in [-0.25, -0.2) is 14.6 Å². The van der Waals surface area contributed by atoms with Crippen LogP contribution in [-0.4, -0.2) is 71.6 Å². The minimum Gasteiger partial charge on any atom is -0.465 e. The van der Waals surface area contributed by atoms with Crippen LogP contribution in [0, 0.1) is 0 Å². The Hall–Kier alpha value is -4.70. The van der Waals surface area contributed by atoms with Crippen LogP contribution in [0.3, 0.4) is 0 Å². The van der Waals surface area contributed by atoms with Crippen LogP contribution in [-0.2, 0) is 19.1 Å². The Kier molecular flexibility index (Phi) is 7.52. The Bertz CT molecular complexity index is 1460. The predicted octanol–water partition coefficient (Wildman–Crippen LogP) is 4.06. The van der Waals surface area contributed by atoms with Crippen molar-refractivity contribution in [1.82, 2.24) is 9.80 Å². The molecule has 0 atom stereocenters. The fraction of sp³-hybridized carbons (Fsp3) is 0.167. The molecule has 202 valence electrons. The SMILES string of the molecule is COC(=O)C1=C(C(=O)OC)C2(C(=Nc3ccccc3)S1)N(C(=O)c1ccccc1)CCN2C(=O)c1ccccc1. The van der Waals surface area contributed by atoms with Crippen LogP contribution in [0.4, 0.5) is 5.69 Å². The van der Waals surface area contributed by atoms with Crippen LogP contribution in [0.15, 0.2) is 106 Å². The molecule has 0 saturated carbocycles. The molecule has 0 aromatic heterocycles. The van der Waals surface area contributed by atoms with Gasteiger partial charge in [0.25, 0.3) is 11.8 Å². The van der Waals surface area contributed by atoms with E-state index in [9.17, 15) is 19.2 Å². The minimum atomic E-state index is -1.88. The van der Waals surface area contributed by atoms with E-state index in [0.29, 0.717) is 16.8 Å². The molecule has 2 amide bonds. The van der Waals surface area contributed by atoms with E-state index in [0.717, 1.165) is 11.8 Å². The van der Waals surface area contributed by atoms with E-state index < -0.39 is 29.4 Å². The molecule has 1 fully saturated rings. The van der Waals surface area contributed by atoms with E-state index in [2.05, 4.69) is 0 Å². The van der Waals surface area contributed by atoms with Gasteiger partial charge >= 0.3 is 11.9 Å². The van der Waals surface area contributed by atoms with E-state index in [-0.39, 0.29) is 28.6 Å². The van der Waals surface area contributed by atoms with Crippen molar-refractivity contribution in [2.75, 3.05) is 27.3 Å². The zero-order chi connectivity index (χ0) is 28.3. The van der Waals surface area contributed by atoms with E-state index in [4.69, 9.17) is 14.5 Å². The molecule has 0 bridgehead atoms. The third-order valence-electron chi connectivity index (χ3n) is 6.68. The maximum absolute atomic E-state index is 14.1. The Balaban J connectivity index is 1.83. The highest BCUT2D eigenvalue weighted by atomic mass is 32.2. The number of thioether (sulfide) groups is 1. The first-order chi connectivity index (χ1) is 19.4. The van der Waals surface area contributed by atoms with Crippen molar-refractivity contribution in [2.24, 2.45) is 4.99 Å². The monoisotopic (exact) mass is 555 g/mol. The first-order valence-corrected chi connectivity index (χ1v) is 13.2. The lowest BCUT2D eigenvalue weighted by Crippen LogP contribution is -2.62. The third-order valence-corrected chi connectivity index (χ3v) is 7.82. The topological polar surface area (TPSA) is 106 Å². The summed E-state index contributed by atoms with van der Waals surface area (Å²) in [5.41, 5.74) is -0.887. The molecule has 40 heavy (non-hydrogen) atoms. The summed E-state index contributed by atoms with van der Waals surface area (Å²) in [4.78, 5) is 62.5. The molecule has 9 nitrogen and oxygen atoms in total. The largest absolute Gasteiger partial charge is 0.465 e. The lowest BCUT2D eigenvalue weighted by atomic mass is 9.95. The Morgan fingerprint density at radius 2 is 1.15 bits per heavy atom. The maximum Gasteiger partial charge on any atom is 0.345 e. The van der Waals surface area contributed by atoms with Crippen LogP contribution in [0.5, 0.6) is 0 Å². The van der Waals surface area contributed by atoms with Gasteiger partial charge < -0.3 is 19.3 Å². The second-order valence-electron chi connectivity index (χ2n) is 8.86. The average Bonchev–Trinajstić information content (AvgIpc) is 3.56. The Labute approximate surface area is 235 Å². The molecule has 1 saturated heterocycles. The zero-order valence-electron chi connectivity index (χ0n) is 21.8. The molecule has 0 radical (unpaired) electrons. The number of carbonyl (C=O) groups excluding carboxylic acids is 4. The number of hydrogen-bond donors (Lipinski definition) is 0. The summed E-state index contributed by atoms with van der Waals surface area (Å²) >= 11 is 0.885. The summed E-state index contributed by atoms with van der Waals surface area (Å²) in [6.07, 6.45) is 0. The van der Waals surface area contributed by atoms with Gasteiger partial charge in [0.15, 0.2) is 0 Å². The fourth-order valence-corrected chi connectivity index (χ4v) is 6.22. The van der Waals surface area contributed by atoms with Crippen molar-refractivity contribution in [2.45, 2.75) is 5.66 Å². The number of nitrogens with zero attached hydrogens (tertiary/aromatic N) is 3. The standard InChI is InChI=1S/C30H25N3O6S/c1-38-27(36)23-24(28(37)39-2)40-29(31-22-16-10-5-11-17-22)30(23)32(25(34)20-12-6-3-7-13-20)18-19-33(30)26(35)21-14-8-4-9-15-21/h3-17H,18-19H2,1-2H3. The van der Waals surface area contributed by atoms with Crippen molar-refractivity contribution in [3.63, 3.8) is 0 Å². The molecule has 2 heterocycles. The molecule has 0 aliphatic carbocycles.